The van der Waals surface area contributed by atoms with Gasteiger partial charge >= 0.3 is 0 Å². The van der Waals surface area contributed by atoms with Crippen LogP contribution in [0.1, 0.15) is 32.4 Å². The third kappa shape index (κ3) is 4.90. The van der Waals surface area contributed by atoms with Crippen molar-refractivity contribution in [3.63, 3.8) is 0 Å². The molecule has 1 aromatic heterocycles. The number of pyridine rings is 1. The molecule has 0 aromatic carbocycles. The number of aromatic nitrogens is 1. The minimum atomic E-state index is 0.171. The smallest absolute Gasteiger partial charge is 0.0621 e. The Kier molecular flexibility index (Phi) is 4.94. The molecule has 1 N–H and O–H groups in total. The minimum absolute atomic E-state index is 0.171. The quantitative estimate of drug-likeness (QED) is 0.796. The minimum Gasteiger partial charge on any atom is -0.311 e. The third-order valence-corrected chi connectivity index (χ3v) is 2.55. The van der Waals surface area contributed by atoms with Crippen LogP contribution in [0.4, 0.5) is 0 Å². The summed E-state index contributed by atoms with van der Waals surface area (Å²) in [6.45, 7) is 6.05. The van der Waals surface area contributed by atoms with E-state index in [4.69, 9.17) is 5.26 Å². The van der Waals surface area contributed by atoms with Gasteiger partial charge in [0.25, 0.3) is 0 Å². The van der Waals surface area contributed by atoms with E-state index < -0.39 is 0 Å². The lowest BCUT2D eigenvalue weighted by atomic mass is 9.88. The number of nitrogens with one attached hydrogen (secondary N) is 1. The highest BCUT2D eigenvalue weighted by Gasteiger charge is 2.16. The van der Waals surface area contributed by atoms with Gasteiger partial charge < -0.3 is 5.32 Å². The van der Waals surface area contributed by atoms with Crippen LogP contribution in [0.3, 0.4) is 0 Å². The Morgan fingerprint density at radius 3 is 2.88 bits per heavy atom. The zero-order valence-electron chi connectivity index (χ0n) is 10.0. The topological polar surface area (TPSA) is 48.7 Å². The van der Waals surface area contributed by atoms with Gasteiger partial charge in [0.05, 0.1) is 11.8 Å². The normalized spacial score (nSPS) is 11.1. The van der Waals surface area contributed by atoms with E-state index in [1.54, 1.807) is 6.20 Å². The molecular weight excluding hydrogens is 198 g/mol. The highest BCUT2D eigenvalue weighted by atomic mass is 14.9. The molecule has 16 heavy (non-hydrogen) atoms. The van der Waals surface area contributed by atoms with Crippen molar-refractivity contribution < 1.29 is 0 Å². The first-order chi connectivity index (χ1) is 7.64. The highest BCUT2D eigenvalue weighted by Crippen LogP contribution is 2.20. The van der Waals surface area contributed by atoms with Crippen molar-refractivity contribution >= 4 is 0 Å². The lowest BCUT2D eigenvalue weighted by Crippen LogP contribution is -2.29. The Hall–Kier alpha value is -1.40. The molecule has 1 rings (SSSR count). The summed E-state index contributed by atoms with van der Waals surface area (Å²) in [7, 11) is 0. The maximum Gasteiger partial charge on any atom is 0.0621 e. The zero-order chi connectivity index (χ0) is 11.9. The Balaban J connectivity index is 2.27. The van der Waals surface area contributed by atoms with E-state index in [9.17, 15) is 0 Å². The number of nitrogens with zero attached hydrogens (tertiary/aromatic N) is 2. The van der Waals surface area contributed by atoms with Gasteiger partial charge in [0, 0.05) is 25.7 Å². The Bertz CT molecular complexity index is 338. The van der Waals surface area contributed by atoms with Crippen LogP contribution in [-0.2, 0) is 6.54 Å². The predicted molar refractivity (Wildman–Crippen MR) is 64.6 cm³/mol. The van der Waals surface area contributed by atoms with Crippen LogP contribution < -0.4 is 5.32 Å². The van der Waals surface area contributed by atoms with Crippen molar-refractivity contribution in [1.29, 1.82) is 5.26 Å². The fraction of sp³-hybridized carbons (Fsp3) is 0.538. The van der Waals surface area contributed by atoms with Gasteiger partial charge in [-0.1, -0.05) is 19.9 Å². The molecule has 1 aromatic rings. The lowest BCUT2D eigenvalue weighted by Gasteiger charge is -2.23. The molecular formula is C13H19N3. The molecule has 0 spiro atoms. The molecule has 0 aliphatic heterocycles. The molecule has 0 saturated heterocycles. The molecule has 0 unspecified atom stereocenters. The van der Waals surface area contributed by atoms with Crippen LogP contribution in [0.2, 0.25) is 0 Å². The maximum absolute atomic E-state index is 8.55. The van der Waals surface area contributed by atoms with E-state index in [1.807, 2.05) is 18.2 Å². The fourth-order valence-corrected chi connectivity index (χ4v) is 1.51. The number of hydrogen-bond donors (Lipinski definition) is 1. The van der Waals surface area contributed by atoms with Crippen LogP contribution in [0, 0.1) is 16.7 Å². The Morgan fingerprint density at radius 1 is 1.44 bits per heavy atom. The summed E-state index contributed by atoms with van der Waals surface area (Å²) in [5.74, 6) is 0. The van der Waals surface area contributed by atoms with E-state index in [2.05, 4.69) is 30.2 Å². The average Bonchev–Trinajstić information content (AvgIpc) is 2.28. The Morgan fingerprint density at radius 2 is 2.25 bits per heavy atom. The first-order valence-electron chi connectivity index (χ1n) is 5.62. The molecule has 86 valence electrons. The van der Waals surface area contributed by atoms with Gasteiger partial charge in [-0.05, 0) is 24.0 Å². The molecule has 1 heterocycles. The third-order valence-electron chi connectivity index (χ3n) is 2.55. The van der Waals surface area contributed by atoms with Crippen molar-refractivity contribution in [3.8, 4) is 6.07 Å². The molecule has 0 amide bonds. The average molecular weight is 217 g/mol. The van der Waals surface area contributed by atoms with Crippen molar-refractivity contribution in [1.82, 2.24) is 10.3 Å². The summed E-state index contributed by atoms with van der Waals surface area (Å²) < 4.78 is 0. The van der Waals surface area contributed by atoms with E-state index in [0.717, 1.165) is 25.2 Å². The van der Waals surface area contributed by atoms with Gasteiger partial charge in [0.15, 0.2) is 0 Å². The largest absolute Gasteiger partial charge is 0.311 e. The standard InChI is InChI=1S/C13H19N3/c1-13(2,7-5-8-14)11-15-10-12-6-3-4-9-16-12/h3-4,6,9,15H,5,7,10-11H2,1-2H3. The van der Waals surface area contributed by atoms with Crippen molar-refractivity contribution in [2.24, 2.45) is 5.41 Å². The highest BCUT2D eigenvalue weighted by molar-refractivity contribution is 5.02. The fourth-order valence-electron chi connectivity index (χ4n) is 1.51. The summed E-state index contributed by atoms with van der Waals surface area (Å²) in [6, 6.07) is 8.11. The van der Waals surface area contributed by atoms with Crippen LogP contribution in [-0.4, -0.2) is 11.5 Å². The second-order valence-electron chi connectivity index (χ2n) is 4.75. The van der Waals surface area contributed by atoms with Crippen LogP contribution >= 0.6 is 0 Å². The molecule has 0 radical (unpaired) electrons. The van der Waals surface area contributed by atoms with Crippen LogP contribution in [0.5, 0.6) is 0 Å². The Labute approximate surface area is 97.5 Å². The summed E-state index contributed by atoms with van der Waals surface area (Å²) >= 11 is 0. The van der Waals surface area contributed by atoms with Crippen LogP contribution in [0.15, 0.2) is 24.4 Å². The predicted octanol–water partition coefficient (Wildman–Crippen LogP) is 2.50. The first-order valence-corrected chi connectivity index (χ1v) is 5.62. The van der Waals surface area contributed by atoms with Gasteiger partial charge in [0.1, 0.15) is 0 Å². The summed E-state index contributed by atoms with van der Waals surface area (Å²) in [5.41, 5.74) is 1.23. The van der Waals surface area contributed by atoms with Gasteiger partial charge in [-0.3, -0.25) is 4.98 Å². The molecule has 3 heteroatoms. The molecule has 0 bridgehead atoms. The molecule has 0 aliphatic carbocycles. The number of rotatable bonds is 6. The second kappa shape index (κ2) is 6.24. The molecule has 0 aliphatic rings. The number of hydrogen-bond acceptors (Lipinski definition) is 3. The van der Waals surface area contributed by atoms with E-state index >= 15 is 0 Å². The zero-order valence-corrected chi connectivity index (χ0v) is 10.0. The monoisotopic (exact) mass is 217 g/mol. The molecule has 0 fully saturated rings. The van der Waals surface area contributed by atoms with Gasteiger partial charge in [-0.15, -0.1) is 0 Å². The SMILES string of the molecule is CC(C)(CCC#N)CNCc1ccccn1. The van der Waals surface area contributed by atoms with Gasteiger partial charge in [-0.25, -0.2) is 0 Å². The van der Waals surface area contributed by atoms with E-state index in [1.165, 1.54) is 0 Å². The van der Waals surface area contributed by atoms with Crippen molar-refractivity contribution in [2.45, 2.75) is 33.2 Å². The summed E-state index contributed by atoms with van der Waals surface area (Å²) in [6.07, 6.45) is 3.36. The van der Waals surface area contributed by atoms with E-state index in [-0.39, 0.29) is 5.41 Å². The van der Waals surface area contributed by atoms with Gasteiger partial charge in [0.2, 0.25) is 0 Å². The van der Waals surface area contributed by atoms with Crippen molar-refractivity contribution in [2.75, 3.05) is 6.54 Å². The summed E-state index contributed by atoms with van der Waals surface area (Å²) in [5, 5.41) is 11.9. The molecule has 0 atom stereocenters. The van der Waals surface area contributed by atoms with Gasteiger partial charge in [-0.2, -0.15) is 5.26 Å². The molecule has 3 nitrogen and oxygen atoms in total. The molecule has 0 saturated carbocycles. The number of nitriles is 1. The lowest BCUT2D eigenvalue weighted by molar-refractivity contribution is 0.317. The maximum atomic E-state index is 8.55. The first kappa shape index (κ1) is 12.7. The second-order valence-corrected chi connectivity index (χ2v) is 4.75. The van der Waals surface area contributed by atoms with Crippen molar-refractivity contribution in [3.05, 3.63) is 30.1 Å². The summed E-state index contributed by atoms with van der Waals surface area (Å²) in [4.78, 5) is 4.25. The van der Waals surface area contributed by atoms with E-state index in [0.29, 0.717) is 6.42 Å². The van der Waals surface area contributed by atoms with Crippen LogP contribution in [0.25, 0.3) is 0 Å².